The molecule has 8 heteroatoms. The van der Waals surface area contributed by atoms with Gasteiger partial charge in [-0.2, -0.15) is 0 Å². The van der Waals surface area contributed by atoms with E-state index in [0.29, 0.717) is 26.9 Å². The third kappa shape index (κ3) is 3.92. The molecule has 0 aliphatic carbocycles. The highest BCUT2D eigenvalue weighted by molar-refractivity contribution is 6.42. The molecule has 0 radical (unpaired) electrons. The number of benzene rings is 2. The van der Waals surface area contributed by atoms with Gasteiger partial charge in [0.2, 0.25) is 0 Å². The lowest BCUT2D eigenvalue weighted by Crippen LogP contribution is -2.12. The molecule has 0 atom stereocenters. The number of nitrogens with one attached hydrogen (secondary N) is 1. The molecule has 0 aliphatic heterocycles. The molecular formula is C19H13Cl2NO5. The molecule has 1 amide bonds. The number of furan rings is 1. The first-order valence-electron chi connectivity index (χ1n) is 7.70. The number of aromatic hydroxyl groups is 1. The second-order valence-corrected chi connectivity index (χ2v) is 6.56. The summed E-state index contributed by atoms with van der Waals surface area (Å²) >= 11 is 11.9. The summed E-state index contributed by atoms with van der Waals surface area (Å²) in [4.78, 5) is 23.6. The van der Waals surface area contributed by atoms with Crippen molar-refractivity contribution in [3.05, 3.63) is 69.4 Å². The number of carboxylic acid groups (broad SMARTS) is 1. The van der Waals surface area contributed by atoms with Crippen molar-refractivity contribution in [1.29, 1.82) is 0 Å². The molecule has 3 rings (SSSR count). The lowest BCUT2D eigenvalue weighted by Gasteiger charge is -2.09. The Kier molecular flexibility index (Phi) is 5.12. The van der Waals surface area contributed by atoms with Crippen LogP contribution in [0, 0.1) is 6.92 Å². The number of phenols is 1. The highest BCUT2D eigenvalue weighted by atomic mass is 35.5. The molecule has 0 saturated heterocycles. The summed E-state index contributed by atoms with van der Waals surface area (Å²) in [5.41, 5.74) is 0.889. The van der Waals surface area contributed by atoms with Crippen molar-refractivity contribution in [1.82, 2.24) is 0 Å². The Morgan fingerprint density at radius 1 is 1.04 bits per heavy atom. The monoisotopic (exact) mass is 405 g/mol. The Morgan fingerprint density at radius 3 is 2.44 bits per heavy atom. The van der Waals surface area contributed by atoms with Gasteiger partial charge in [-0.3, -0.25) is 4.79 Å². The summed E-state index contributed by atoms with van der Waals surface area (Å²) in [6, 6.07) is 10.7. The Bertz CT molecular complexity index is 1060. The third-order valence-electron chi connectivity index (χ3n) is 3.82. The van der Waals surface area contributed by atoms with Gasteiger partial charge in [0.1, 0.15) is 17.1 Å². The number of anilines is 1. The normalized spacial score (nSPS) is 10.6. The summed E-state index contributed by atoms with van der Waals surface area (Å²) in [6.07, 6.45) is 0. The lowest BCUT2D eigenvalue weighted by atomic mass is 10.1. The van der Waals surface area contributed by atoms with Crippen molar-refractivity contribution in [2.75, 3.05) is 5.32 Å². The van der Waals surface area contributed by atoms with Gasteiger partial charge >= 0.3 is 5.97 Å². The maximum absolute atomic E-state index is 12.4. The summed E-state index contributed by atoms with van der Waals surface area (Å²) in [6.45, 7) is 1.53. The Morgan fingerprint density at radius 2 is 1.78 bits per heavy atom. The molecule has 2 aromatic carbocycles. The van der Waals surface area contributed by atoms with Crippen LogP contribution >= 0.6 is 23.2 Å². The number of aryl methyl sites for hydroxylation is 1. The van der Waals surface area contributed by atoms with Crippen LogP contribution in [0.4, 0.5) is 5.69 Å². The van der Waals surface area contributed by atoms with Crippen LogP contribution in [0.2, 0.25) is 10.0 Å². The van der Waals surface area contributed by atoms with Crippen LogP contribution in [0.15, 0.2) is 46.9 Å². The van der Waals surface area contributed by atoms with Gasteiger partial charge < -0.3 is 19.9 Å². The Hall–Kier alpha value is -2.96. The zero-order chi connectivity index (χ0) is 19.7. The molecule has 0 spiro atoms. The van der Waals surface area contributed by atoms with E-state index in [0.717, 1.165) is 0 Å². The van der Waals surface area contributed by atoms with Crippen molar-refractivity contribution >= 4 is 40.8 Å². The van der Waals surface area contributed by atoms with Gasteiger partial charge in [-0.1, -0.05) is 23.2 Å². The van der Waals surface area contributed by atoms with Crippen LogP contribution in [0.3, 0.4) is 0 Å². The first kappa shape index (κ1) is 18.8. The van der Waals surface area contributed by atoms with E-state index in [4.69, 9.17) is 32.7 Å². The smallest absolute Gasteiger partial charge is 0.339 e. The maximum Gasteiger partial charge on any atom is 0.339 e. The van der Waals surface area contributed by atoms with Gasteiger partial charge in [-0.05, 0) is 55.0 Å². The van der Waals surface area contributed by atoms with Crippen LogP contribution in [-0.4, -0.2) is 22.1 Å². The quantitative estimate of drug-likeness (QED) is 0.516. The molecule has 138 valence electrons. The maximum atomic E-state index is 12.4. The van der Waals surface area contributed by atoms with E-state index in [1.54, 1.807) is 24.3 Å². The predicted octanol–water partition coefficient (Wildman–Crippen LogP) is 5.22. The van der Waals surface area contributed by atoms with Crippen LogP contribution < -0.4 is 5.32 Å². The summed E-state index contributed by atoms with van der Waals surface area (Å²) in [5, 5.41) is 22.2. The average molecular weight is 406 g/mol. The summed E-state index contributed by atoms with van der Waals surface area (Å²) in [7, 11) is 0. The first-order chi connectivity index (χ1) is 12.8. The van der Waals surface area contributed by atoms with E-state index in [2.05, 4.69) is 5.32 Å². The molecule has 1 aromatic heterocycles. The third-order valence-corrected chi connectivity index (χ3v) is 4.56. The highest BCUT2D eigenvalue weighted by Crippen LogP contribution is 2.30. The molecule has 0 saturated carbocycles. The number of hydrogen-bond donors (Lipinski definition) is 3. The van der Waals surface area contributed by atoms with E-state index >= 15 is 0 Å². The number of aromatic carboxylic acids is 1. The van der Waals surface area contributed by atoms with E-state index in [1.165, 1.54) is 25.1 Å². The molecule has 0 bridgehead atoms. The molecule has 6 nitrogen and oxygen atoms in total. The minimum absolute atomic E-state index is 0.0266. The fraction of sp³-hybridized carbons (Fsp3) is 0.0526. The van der Waals surface area contributed by atoms with Gasteiger partial charge in [0.15, 0.2) is 5.76 Å². The van der Waals surface area contributed by atoms with Crippen LogP contribution in [-0.2, 0) is 0 Å². The predicted molar refractivity (Wildman–Crippen MR) is 102 cm³/mol. The molecule has 27 heavy (non-hydrogen) atoms. The number of rotatable bonds is 4. The van der Waals surface area contributed by atoms with E-state index in [9.17, 15) is 14.7 Å². The first-order valence-corrected chi connectivity index (χ1v) is 8.45. The van der Waals surface area contributed by atoms with Gasteiger partial charge in [0.25, 0.3) is 5.91 Å². The van der Waals surface area contributed by atoms with Crippen molar-refractivity contribution in [3.8, 4) is 17.1 Å². The van der Waals surface area contributed by atoms with Crippen LogP contribution in [0.5, 0.6) is 5.75 Å². The van der Waals surface area contributed by atoms with Crippen molar-refractivity contribution in [3.63, 3.8) is 0 Å². The zero-order valence-electron chi connectivity index (χ0n) is 13.9. The zero-order valence-corrected chi connectivity index (χ0v) is 15.4. The topological polar surface area (TPSA) is 99.8 Å². The van der Waals surface area contributed by atoms with Crippen LogP contribution in [0.25, 0.3) is 11.3 Å². The number of carbonyl (C=O) groups excluding carboxylic acids is 1. The standard InChI is InChI=1S/C19H13Cl2NO5/c1-9-6-11(8-12(17(9)23)19(25)26)22-18(24)16-5-4-15(27-16)10-2-3-13(20)14(21)7-10/h2-8,23H,1H3,(H,22,24)(H,25,26). The fourth-order valence-electron chi connectivity index (χ4n) is 2.47. The van der Waals surface area contributed by atoms with Gasteiger partial charge in [0, 0.05) is 11.3 Å². The Balaban J connectivity index is 1.84. The second kappa shape index (κ2) is 7.34. The van der Waals surface area contributed by atoms with Crippen molar-refractivity contribution < 1.29 is 24.2 Å². The van der Waals surface area contributed by atoms with E-state index < -0.39 is 11.9 Å². The second-order valence-electron chi connectivity index (χ2n) is 5.74. The molecule has 0 fully saturated rings. The molecule has 3 N–H and O–H groups in total. The minimum atomic E-state index is -1.30. The number of carboxylic acids is 1. The average Bonchev–Trinajstić information content (AvgIpc) is 3.10. The molecule has 3 aromatic rings. The minimum Gasteiger partial charge on any atom is -0.507 e. The fourth-order valence-corrected chi connectivity index (χ4v) is 2.77. The van der Waals surface area contributed by atoms with Crippen LogP contribution in [0.1, 0.15) is 26.5 Å². The summed E-state index contributed by atoms with van der Waals surface area (Å²) in [5.74, 6) is -1.76. The van der Waals surface area contributed by atoms with Gasteiger partial charge in [0.05, 0.1) is 10.0 Å². The largest absolute Gasteiger partial charge is 0.507 e. The number of amides is 1. The van der Waals surface area contributed by atoms with Gasteiger partial charge in [-0.15, -0.1) is 0 Å². The van der Waals surface area contributed by atoms with Gasteiger partial charge in [-0.25, -0.2) is 4.79 Å². The number of halogens is 2. The molecule has 0 aliphatic rings. The van der Waals surface area contributed by atoms with E-state index in [1.807, 2.05) is 0 Å². The lowest BCUT2D eigenvalue weighted by molar-refractivity contribution is 0.0693. The molecule has 0 unspecified atom stereocenters. The molecule has 1 heterocycles. The Labute approximate surface area is 164 Å². The number of carbonyl (C=O) groups is 2. The summed E-state index contributed by atoms with van der Waals surface area (Å²) < 4.78 is 5.55. The highest BCUT2D eigenvalue weighted by Gasteiger charge is 2.17. The van der Waals surface area contributed by atoms with E-state index in [-0.39, 0.29) is 22.8 Å². The van der Waals surface area contributed by atoms with Crippen molar-refractivity contribution in [2.45, 2.75) is 6.92 Å². The molecular weight excluding hydrogens is 393 g/mol. The SMILES string of the molecule is Cc1cc(NC(=O)c2ccc(-c3ccc(Cl)c(Cl)c3)o2)cc(C(=O)O)c1O. The number of hydrogen-bond acceptors (Lipinski definition) is 4. The van der Waals surface area contributed by atoms with Crippen molar-refractivity contribution in [2.24, 2.45) is 0 Å².